The van der Waals surface area contributed by atoms with Gasteiger partial charge in [0.2, 0.25) is 0 Å². The first-order valence-electron chi connectivity index (χ1n) is 4.92. The predicted molar refractivity (Wildman–Crippen MR) is 49.9 cm³/mol. The normalized spacial score (nSPS) is 21.2. The Hall–Kier alpha value is -0.530. The van der Waals surface area contributed by atoms with Crippen molar-refractivity contribution in [3.05, 3.63) is 0 Å². The van der Waals surface area contributed by atoms with Crippen molar-refractivity contribution >= 4 is 5.97 Å². The van der Waals surface area contributed by atoms with Crippen LogP contribution in [0.3, 0.4) is 0 Å². The van der Waals surface area contributed by atoms with E-state index in [1.165, 1.54) is 12.8 Å². The van der Waals surface area contributed by atoms with Gasteiger partial charge < -0.3 is 4.74 Å². The Morgan fingerprint density at radius 1 is 1.33 bits per heavy atom. The van der Waals surface area contributed by atoms with Crippen LogP contribution >= 0.6 is 0 Å². The molecule has 0 saturated carbocycles. The lowest BCUT2D eigenvalue weighted by atomic mass is 10.1. The van der Waals surface area contributed by atoms with Crippen LogP contribution < -0.4 is 0 Å². The number of unbranched alkanes of at least 4 members (excludes halogenated alkanes) is 1. The van der Waals surface area contributed by atoms with Crippen LogP contribution in [0.4, 0.5) is 0 Å². The van der Waals surface area contributed by atoms with E-state index in [2.05, 4.69) is 13.8 Å². The summed E-state index contributed by atoms with van der Waals surface area (Å²) in [7, 11) is 0. The molecule has 2 heteroatoms. The molecule has 12 heavy (non-hydrogen) atoms. The molecule has 1 fully saturated rings. The van der Waals surface area contributed by atoms with Crippen molar-refractivity contribution in [1.82, 2.24) is 0 Å². The summed E-state index contributed by atoms with van der Waals surface area (Å²) in [5.41, 5.74) is 0. The molecule has 72 valence electrons. The molecule has 0 aromatic carbocycles. The van der Waals surface area contributed by atoms with Crippen LogP contribution in [0, 0.1) is 5.92 Å². The second kappa shape index (κ2) is 7.14. The number of hydrogen-bond donors (Lipinski definition) is 0. The molecular weight excluding hydrogens is 152 g/mol. The predicted octanol–water partition coefficient (Wildman–Crippen LogP) is 2.77. The van der Waals surface area contributed by atoms with E-state index in [1.807, 2.05) is 6.92 Å². The minimum absolute atomic E-state index is 0.00694. The topological polar surface area (TPSA) is 26.3 Å². The van der Waals surface area contributed by atoms with E-state index >= 15 is 0 Å². The molecule has 1 heterocycles. The van der Waals surface area contributed by atoms with Gasteiger partial charge in [0, 0.05) is 0 Å². The van der Waals surface area contributed by atoms with Crippen molar-refractivity contribution in [3.63, 3.8) is 0 Å². The van der Waals surface area contributed by atoms with Crippen molar-refractivity contribution < 1.29 is 9.53 Å². The third kappa shape index (κ3) is 4.37. The van der Waals surface area contributed by atoms with Crippen LogP contribution in [0.25, 0.3) is 0 Å². The Morgan fingerprint density at radius 2 is 1.92 bits per heavy atom. The molecule has 0 aliphatic carbocycles. The number of carbonyl (C=O) groups excluding carboxylic acids is 1. The largest absolute Gasteiger partial charge is 0.465 e. The third-order valence-corrected chi connectivity index (χ3v) is 2.04. The highest BCUT2D eigenvalue weighted by Crippen LogP contribution is 2.16. The average Bonchev–Trinajstić information content (AvgIpc) is 2.51. The Labute approximate surface area is 75.3 Å². The number of esters is 1. The summed E-state index contributed by atoms with van der Waals surface area (Å²) >= 11 is 0. The molecule has 0 bridgehead atoms. The zero-order valence-electron chi connectivity index (χ0n) is 8.43. The van der Waals surface area contributed by atoms with Gasteiger partial charge in [-0.3, -0.25) is 4.79 Å². The highest BCUT2D eigenvalue weighted by molar-refractivity contribution is 5.73. The third-order valence-electron chi connectivity index (χ3n) is 2.04. The van der Waals surface area contributed by atoms with Gasteiger partial charge in [0.05, 0.1) is 12.5 Å². The number of ether oxygens (including phenoxy) is 1. The van der Waals surface area contributed by atoms with Crippen LogP contribution in [0.2, 0.25) is 0 Å². The fourth-order valence-corrected chi connectivity index (χ4v) is 0.908. The number of rotatable bonds is 2. The van der Waals surface area contributed by atoms with Crippen LogP contribution in [-0.2, 0) is 9.53 Å². The summed E-state index contributed by atoms with van der Waals surface area (Å²) in [6.45, 7) is 7.01. The summed E-state index contributed by atoms with van der Waals surface area (Å²) in [5, 5.41) is 0. The molecule has 1 aliphatic heterocycles. The molecule has 0 spiro atoms. The molecule has 0 N–H and O–H groups in total. The van der Waals surface area contributed by atoms with Crippen molar-refractivity contribution in [3.8, 4) is 0 Å². The Bertz CT molecular complexity index is 119. The highest BCUT2D eigenvalue weighted by atomic mass is 16.5. The summed E-state index contributed by atoms with van der Waals surface area (Å²) < 4.78 is 4.72. The summed E-state index contributed by atoms with van der Waals surface area (Å²) in [5.74, 6) is 0.197. The molecule has 1 rings (SSSR count). The minimum Gasteiger partial charge on any atom is -0.465 e. The summed E-state index contributed by atoms with van der Waals surface area (Å²) in [4.78, 5) is 10.6. The smallest absolute Gasteiger partial charge is 0.309 e. The van der Waals surface area contributed by atoms with Crippen LogP contribution in [0.5, 0.6) is 0 Å². The van der Waals surface area contributed by atoms with Crippen LogP contribution in [0.15, 0.2) is 0 Å². The highest BCUT2D eigenvalue weighted by Gasteiger charge is 2.23. The summed E-state index contributed by atoms with van der Waals surface area (Å²) in [6.07, 6.45) is 4.49. The fourth-order valence-electron chi connectivity index (χ4n) is 0.908. The summed E-state index contributed by atoms with van der Waals surface area (Å²) in [6, 6.07) is 0. The zero-order chi connectivity index (χ0) is 9.40. The lowest BCUT2D eigenvalue weighted by molar-refractivity contribution is -0.141. The van der Waals surface area contributed by atoms with Gasteiger partial charge in [0.1, 0.15) is 0 Å². The van der Waals surface area contributed by atoms with Gasteiger partial charge >= 0.3 is 5.97 Å². The lowest BCUT2D eigenvalue weighted by Crippen LogP contribution is -2.04. The van der Waals surface area contributed by atoms with Gasteiger partial charge in [-0.1, -0.05) is 33.6 Å². The number of cyclic esters (lactones) is 1. The van der Waals surface area contributed by atoms with Crippen LogP contribution in [-0.4, -0.2) is 12.6 Å². The van der Waals surface area contributed by atoms with Gasteiger partial charge in [-0.05, 0) is 12.8 Å². The first-order valence-corrected chi connectivity index (χ1v) is 4.92. The van der Waals surface area contributed by atoms with Gasteiger partial charge in [-0.2, -0.15) is 0 Å². The first-order chi connectivity index (χ1) is 5.76. The number of carbonyl (C=O) groups is 1. The standard InChI is InChI=1S/C6H10O2.C4H10/c1-2-5-3-4-8-6(5)7;1-3-4-2/h5H,2-4H2,1H3;3-4H2,1-2H3. The molecule has 1 aliphatic rings. The molecule has 0 aromatic rings. The van der Waals surface area contributed by atoms with Gasteiger partial charge in [0.25, 0.3) is 0 Å². The second-order valence-electron chi connectivity index (χ2n) is 3.06. The fraction of sp³-hybridized carbons (Fsp3) is 0.900. The maximum absolute atomic E-state index is 10.6. The molecular formula is C10H20O2. The van der Waals surface area contributed by atoms with Crippen LogP contribution in [0.1, 0.15) is 46.5 Å². The average molecular weight is 172 g/mol. The SMILES string of the molecule is CCC1CCOC1=O.CCCC. The van der Waals surface area contributed by atoms with Crippen molar-refractivity contribution in [2.45, 2.75) is 46.5 Å². The van der Waals surface area contributed by atoms with E-state index in [-0.39, 0.29) is 11.9 Å². The molecule has 0 amide bonds. The van der Waals surface area contributed by atoms with Crippen molar-refractivity contribution in [2.75, 3.05) is 6.61 Å². The molecule has 2 nitrogen and oxygen atoms in total. The zero-order valence-corrected chi connectivity index (χ0v) is 8.43. The minimum atomic E-state index is -0.00694. The van der Waals surface area contributed by atoms with E-state index in [0.717, 1.165) is 12.8 Å². The van der Waals surface area contributed by atoms with E-state index < -0.39 is 0 Å². The lowest BCUT2D eigenvalue weighted by Gasteiger charge is -1.95. The van der Waals surface area contributed by atoms with Gasteiger partial charge in [-0.15, -0.1) is 0 Å². The van der Waals surface area contributed by atoms with E-state index in [0.29, 0.717) is 6.61 Å². The maximum atomic E-state index is 10.6. The van der Waals surface area contributed by atoms with Gasteiger partial charge in [0.15, 0.2) is 0 Å². The number of hydrogen-bond acceptors (Lipinski definition) is 2. The molecule has 1 saturated heterocycles. The molecule has 0 radical (unpaired) electrons. The van der Waals surface area contributed by atoms with Gasteiger partial charge in [-0.25, -0.2) is 0 Å². The van der Waals surface area contributed by atoms with E-state index in [4.69, 9.17) is 4.74 Å². The molecule has 0 aromatic heterocycles. The second-order valence-corrected chi connectivity index (χ2v) is 3.06. The molecule has 1 unspecified atom stereocenters. The Morgan fingerprint density at radius 3 is 2.08 bits per heavy atom. The van der Waals surface area contributed by atoms with E-state index in [9.17, 15) is 4.79 Å². The van der Waals surface area contributed by atoms with Crippen molar-refractivity contribution in [1.29, 1.82) is 0 Å². The monoisotopic (exact) mass is 172 g/mol. The quantitative estimate of drug-likeness (QED) is 0.599. The van der Waals surface area contributed by atoms with E-state index in [1.54, 1.807) is 0 Å². The maximum Gasteiger partial charge on any atom is 0.309 e. The van der Waals surface area contributed by atoms with Crippen molar-refractivity contribution in [2.24, 2.45) is 5.92 Å². The Kier molecular flexibility index (Phi) is 6.82. The molecule has 1 atom stereocenters. The first kappa shape index (κ1) is 11.5. The Balaban J connectivity index is 0.000000261.